The van der Waals surface area contributed by atoms with Crippen molar-refractivity contribution in [2.75, 3.05) is 18.5 Å². The van der Waals surface area contributed by atoms with Crippen LogP contribution in [0.15, 0.2) is 0 Å². The molecule has 0 aliphatic heterocycles. The molecular formula is C20H28N2O5S. The van der Waals surface area contributed by atoms with Gasteiger partial charge in [0.2, 0.25) is 0 Å². The predicted molar refractivity (Wildman–Crippen MR) is 107 cm³/mol. The molecule has 154 valence electrons. The van der Waals surface area contributed by atoms with Crippen LogP contribution in [0.1, 0.15) is 66.2 Å². The first-order chi connectivity index (χ1) is 13.4. The maximum Gasteiger partial charge on any atom is 0.329 e. The second-order valence-electron chi connectivity index (χ2n) is 7.80. The Bertz CT molecular complexity index is 739. The van der Waals surface area contributed by atoms with Crippen LogP contribution in [-0.4, -0.2) is 42.1 Å². The lowest BCUT2D eigenvalue weighted by molar-refractivity contribution is -0.143. The first-order valence-corrected chi connectivity index (χ1v) is 10.8. The van der Waals surface area contributed by atoms with E-state index in [0.29, 0.717) is 16.5 Å². The third-order valence-electron chi connectivity index (χ3n) is 5.39. The molecule has 2 aliphatic rings. The van der Waals surface area contributed by atoms with E-state index in [0.717, 1.165) is 55.4 Å². The highest BCUT2D eigenvalue weighted by molar-refractivity contribution is 7.17. The van der Waals surface area contributed by atoms with Gasteiger partial charge in [-0.15, -0.1) is 11.3 Å². The van der Waals surface area contributed by atoms with Crippen molar-refractivity contribution in [3.05, 3.63) is 16.0 Å². The van der Waals surface area contributed by atoms with Crippen molar-refractivity contribution >= 4 is 34.1 Å². The highest BCUT2D eigenvalue weighted by Gasteiger charge is 2.29. The van der Waals surface area contributed by atoms with Gasteiger partial charge in [-0.25, -0.2) is 4.79 Å². The molecule has 28 heavy (non-hydrogen) atoms. The molecule has 0 spiro atoms. The molecule has 3 N–H and O–H groups in total. The summed E-state index contributed by atoms with van der Waals surface area (Å²) in [6.45, 7) is 1.32. The lowest BCUT2D eigenvalue weighted by atomic mass is 9.88. The summed E-state index contributed by atoms with van der Waals surface area (Å²) in [4.78, 5) is 36.9. The lowest BCUT2D eigenvalue weighted by Crippen LogP contribution is -2.37. The molecule has 8 heteroatoms. The Morgan fingerprint density at radius 2 is 1.89 bits per heavy atom. The zero-order chi connectivity index (χ0) is 20.1. The van der Waals surface area contributed by atoms with Gasteiger partial charge in [0.15, 0.2) is 0 Å². The van der Waals surface area contributed by atoms with Crippen molar-refractivity contribution in [2.45, 2.75) is 64.3 Å². The highest BCUT2D eigenvalue weighted by atomic mass is 32.1. The van der Waals surface area contributed by atoms with Gasteiger partial charge in [0.25, 0.3) is 11.8 Å². The minimum atomic E-state index is -1.12. The number of rotatable bonds is 7. The van der Waals surface area contributed by atoms with Gasteiger partial charge in [0.05, 0.1) is 5.56 Å². The summed E-state index contributed by atoms with van der Waals surface area (Å²) in [6, 6.07) is 0.196. The summed E-state index contributed by atoms with van der Waals surface area (Å²) >= 11 is 1.46. The van der Waals surface area contributed by atoms with Gasteiger partial charge in [-0.2, -0.15) is 0 Å². The summed E-state index contributed by atoms with van der Waals surface area (Å²) in [5.41, 5.74) is 1.64. The number of hydrogen-bond acceptors (Lipinski definition) is 5. The molecule has 0 saturated heterocycles. The molecule has 1 aromatic rings. The van der Waals surface area contributed by atoms with Crippen molar-refractivity contribution in [3.63, 3.8) is 0 Å². The third kappa shape index (κ3) is 5.32. The van der Waals surface area contributed by atoms with Crippen LogP contribution in [0.3, 0.4) is 0 Å². The van der Waals surface area contributed by atoms with Crippen LogP contribution in [0.5, 0.6) is 0 Å². The molecular weight excluding hydrogens is 380 g/mol. The average molecular weight is 409 g/mol. The van der Waals surface area contributed by atoms with Crippen molar-refractivity contribution in [3.8, 4) is 0 Å². The Labute approximate surface area is 168 Å². The predicted octanol–water partition coefficient (Wildman–Crippen LogP) is 2.98. The van der Waals surface area contributed by atoms with Crippen molar-refractivity contribution in [1.29, 1.82) is 0 Å². The van der Waals surface area contributed by atoms with E-state index >= 15 is 0 Å². The minimum Gasteiger partial charge on any atom is -0.480 e. The maximum absolute atomic E-state index is 13.1. The Morgan fingerprint density at radius 3 is 2.61 bits per heavy atom. The highest BCUT2D eigenvalue weighted by Crippen LogP contribution is 2.39. The fraction of sp³-hybridized carbons (Fsp3) is 0.650. The van der Waals surface area contributed by atoms with Gasteiger partial charge >= 0.3 is 5.97 Å². The van der Waals surface area contributed by atoms with E-state index in [2.05, 4.69) is 17.6 Å². The Morgan fingerprint density at radius 1 is 1.14 bits per heavy atom. The van der Waals surface area contributed by atoms with Crippen LogP contribution in [-0.2, 0) is 27.2 Å². The summed E-state index contributed by atoms with van der Waals surface area (Å²) in [6.07, 6.45) is 8.27. The van der Waals surface area contributed by atoms with Crippen molar-refractivity contribution in [2.24, 2.45) is 5.92 Å². The van der Waals surface area contributed by atoms with Crippen LogP contribution < -0.4 is 10.6 Å². The summed E-state index contributed by atoms with van der Waals surface area (Å²) in [5, 5.41) is 15.1. The van der Waals surface area contributed by atoms with Crippen LogP contribution in [0, 0.1) is 5.92 Å². The second-order valence-corrected chi connectivity index (χ2v) is 8.90. The molecule has 0 aromatic carbocycles. The number of carbonyl (C=O) groups is 3. The number of ether oxygens (including phenoxy) is 1. The molecule has 7 nitrogen and oxygen atoms in total. The van der Waals surface area contributed by atoms with Gasteiger partial charge in [-0.05, 0) is 43.6 Å². The first kappa shape index (κ1) is 20.8. The minimum absolute atomic E-state index is 0.110. The number of nitrogens with one attached hydrogen (secondary N) is 2. The Hall–Kier alpha value is -1.93. The zero-order valence-corrected chi connectivity index (χ0v) is 17.0. The van der Waals surface area contributed by atoms with Crippen LogP contribution in [0.4, 0.5) is 5.00 Å². The molecule has 1 unspecified atom stereocenters. The largest absolute Gasteiger partial charge is 0.480 e. The van der Waals surface area contributed by atoms with E-state index in [1.54, 1.807) is 0 Å². The molecule has 1 saturated carbocycles. The molecule has 1 aromatic heterocycles. The molecule has 0 radical (unpaired) electrons. The van der Waals surface area contributed by atoms with E-state index in [4.69, 9.17) is 9.84 Å². The summed E-state index contributed by atoms with van der Waals surface area (Å²) in [7, 11) is 0. The fourth-order valence-corrected chi connectivity index (χ4v) is 5.40. The number of fused-ring (bicyclic) bond motifs is 1. The Kier molecular flexibility index (Phi) is 7.07. The van der Waals surface area contributed by atoms with E-state index < -0.39 is 18.5 Å². The van der Waals surface area contributed by atoms with E-state index in [9.17, 15) is 14.4 Å². The molecule has 1 fully saturated rings. The monoisotopic (exact) mass is 408 g/mol. The van der Waals surface area contributed by atoms with Crippen molar-refractivity contribution in [1.82, 2.24) is 5.32 Å². The smallest absolute Gasteiger partial charge is 0.329 e. The maximum atomic E-state index is 13.1. The van der Waals surface area contributed by atoms with E-state index in [1.165, 1.54) is 17.8 Å². The number of carboxylic acids is 1. The molecule has 1 atom stereocenters. The first-order valence-electron chi connectivity index (χ1n) is 9.98. The number of thiophene rings is 1. The standard InChI is InChI=1S/C20H28N2O5S/c1-12-7-8-14-15(9-12)28-20(22-16(23)10-27-11-17(24)25)18(14)19(26)21-13-5-3-2-4-6-13/h12-13H,2-11H2,1H3,(H,21,26)(H,22,23)(H,24,25). The summed E-state index contributed by atoms with van der Waals surface area (Å²) in [5.74, 6) is -1.12. The quantitative estimate of drug-likeness (QED) is 0.643. The van der Waals surface area contributed by atoms with Crippen molar-refractivity contribution < 1.29 is 24.2 Å². The molecule has 1 heterocycles. The molecule has 2 amide bonds. The number of hydrogen-bond donors (Lipinski definition) is 3. The third-order valence-corrected chi connectivity index (χ3v) is 6.56. The topological polar surface area (TPSA) is 105 Å². The van der Waals surface area contributed by atoms with E-state index in [1.807, 2.05) is 0 Å². The molecule has 0 bridgehead atoms. The van der Waals surface area contributed by atoms with Gasteiger partial charge in [-0.1, -0.05) is 26.2 Å². The number of anilines is 1. The average Bonchev–Trinajstić information content (AvgIpc) is 2.98. The van der Waals surface area contributed by atoms with Crippen LogP contribution >= 0.6 is 11.3 Å². The number of carbonyl (C=O) groups excluding carboxylic acids is 2. The number of carboxylic acid groups (broad SMARTS) is 1. The number of amides is 2. The lowest BCUT2D eigenvalue weighted by Gasteiger charge is -2.24. The Balaban J connectivity index is 1.75. The molecule has 2 aliphatic carbocycles. The fourth-order valence-electron chi connectivity index (χ4n) is 3.98. The zero-order valence-electron chi connectivity index (χ0n) is 16.2. The SMILES string of the molecule is CC1CCc2c(sc(NC(=O)COCC(=O)O)c2C(=O)NC2CCCCC2)C1. The van der Waals surface area contributed by atoms with Gasteiger partial charge < -0.3 is 20.5 Å². The van der Waals surface area contributed by atoms with Gasteiger partial charge in [0.1, 0.15) is 18.2 Å². The van der Waals surface area contributed by atoms with Gasteiger partial charge in [-0.3, -0.25) is 9.59 Å². The van der Waals surface area contributed by atoms with Crippen LogP contribution in [0.2, 0.25) is 0 Å². The van der Waals surface area contributed by atoms with Crippen LogP contribution in [0.25, 0.3) is 0 Å². The normalized spacial score (nSPS) is 19.7. The summed E-state index contributed by atoms with van der Waals surface area (Å²) < 4.78 is 4.86. The van der Waals surface area contributed by atoms with Gasteiger partial charge in [0, 0.05) is 10.9 Å². The molecule has 3 rings (SSSR count). The number of aliphatic carboxylic acids is 1. The second kappa shape index (κ2) is 9.52. The van der Waals surface area contributed by atoms with E-state index in [-0.39, 0.29) is 18.6 Å².